The van der Waals surface area contributed by atoms with Gasteiger partial charge in [-0.25, -0.2) is 13.2 Å². The molecule has 1 N–H and O–H groups in total. The van der Waals surface area contributed by atoms with Crippen LogP contribution in [0.25, 0.3) is 0 Å². The number of likely N-dealkylation sites (tertiary alicyclic amines) is 1. The Balaban J connectivity index is 0.00000320. The van der Waals surface area contributed by atoms with Gasteiger partial charge in [0.05, 0.1) is 23.4 Å². The van der Waals surface area contributed by atoms with Crippen molar-refractivity contribution in [1.29, 1.82) is 0 Å². The van der Waals surface area contributed by atoms with E-state index in [9.17, 15) is 23.1 Å². The highest BCUT2D eigenvalue weighted by atomic mass is 35.5. The number of carbonyl (C=O) groups excluding carboxylic acids is 1. The number of hydrogen-bond acceptors (Lipinski definition) is 5. The van der Waals surface area contributed by atoms with Gasteiger partial charge in [-0.3, -0.25) is 4.79 Å². The highest BCUT2D eigenvalue weighted by molar-refractivity contribution is 7.90. The molecule has 30 heavy (non-hydrogen) atoms. The molecule has 3 rings (SSSR count). The maximum Gasteiger partial charge on any atom is 0.407 e. The molecule has 0 bridgehead atoms. The van der Waals surface area contributed by atoms with Crippen LogP contribution >= 0.6 is 12.4 Å². The number of hydrogen-bond donors (Lipinski definition) is 1. The third kappa shape index (κ3) is 5.65. The van der Waals surface area contributed by atoms with Crippen molar-refractivity contribution in [2.24, 2.45) is 0 Å². The fourth-order valence-corrected chi connectivity index (χ4v) is 4.87. The van der Waals surface area contributed by atoms with Crippen LogP contribution in [-0.4, -0.2) is 91.3 Å². The van der Waals surface area contributed by atoms with Gasteiger partial charge in [-0.05, 0) is 50.6 Å². The van der Waals surface area contributed by atoms with Crippen molar-refractivity contribution in [3.8, 4) is 0 Å². The summed E-state index contributed by atoms with van der Waals surface area (Å²) in [4.78, 5) is 30.4. The molecule has 2 heterocycles. The largest absolute Gasteiger partial charge is 0.465 e. The van der Waals surface area contributed by atoms with E-state index in [1.54, 1.807) is 12.1 Å². The Morgan fingerprint density at radius 2 is 1.60 bits per heavy atom. The Hall–Kier alpha value is -1.84. The molecule has 168 valence electrons. The Morgan fingerprint density at radius 3 is 2.13 bits per heavy atom. The molecule has 0 saturated carbocycles. The average Bonchev–Trinajstić information content (AvgIpc) is 3.15. The number of nitrogens with zero attached hydrogens (tertiary/aromatic N) is 3. The van der Waals surface area contributed by atoms with Crippen molar-refractivity contribution in [1.82, 2.24) is 14.7 Å². The summed E-state index contributed by atoms with van der Waals surface area (Å²) in [6, 6.07) is 5.90. The molecule has 1 aromatic rings. The third-order valence-corrected chi connectivity index (χ3v) is 7.08. The van der Waals surface area contributed by atoms with E-state index in [1.807, 2.05) is 11.8 Å². The first-order valence-electron chi connectivity index (χ1n) is 9.97. The number of amides is 2. The minimum Gasteiger partial charge on any atom is -0.465 e. The molecule has 0 radical (unpaired) electrons. The van der Waals surface area contributed by atoms with Crippen LogP contribution in [0.2, 0.25) is 0 Å². The summed E-state index contributed by atoms with van der Waals surface area (Å²) in [6.07, 6.45) is 2.63. The van der Waals surface area contributed by atoms with Crippen LogP contribution in [0.3, 0.4) is 0 Å². The van der Waals surface area contributed by atoms with Gasteiger partial charge in [-0.2, -0.15) is 0 Å². The summed E-state index contributed by atoms with van der Waals surface area (Å²) >= 11 is 0. The molecule has 0 aromatic heterocycles. The lowest BCUT2D eigenvalue weighted by molar-refractivity contribution is -0.137. The second-order valence-electron chi connectivity index (χ2n) is 7.97. The van der Waals surface area contributed by atoms with E-state index in [0.29, 0.717) is 19.6 Å². The summed E-state index contributed by atoms with van der Waals surface area (Å²) < 4.78 is 23.2. The van der Waals surface area contributed by atoms with Crippen molar-refractivity contribution in [3.63, 3.8) is 0 Å². The quantitative estimate of drug-likeness (QED) is 0.720. The van der Waals surface area contributed by atoms with E-state index < -0.39 is 15.9 Å². The number of carboxylic acid groups (broad SMARTS) is 1. The molecular weight excluding hydrogens is 430 g/mol. The van der Waals surface area contributed by atoms with Gasteiger partial charge in [0.1, 0.15) is 0 Å². The van der Waals surface area contributed by atoms with Gasteiger partial charge < -0.3 is 19.8 Å². The zero-order valence-electron chi connectivity index (χ0n) is 17.4. The van der Waals surface area contributed by atoms with Crippen molar-refractivity contribution in [2.45, 2.75) is 43.2 Å². The zero-order valence-corrected chi connectivity index (χ0v) is 19.0. The Morgan fingerprint density at radius 1 is 1.03 bits per heavy atom. The highest BCUT2D eigenvalue weighted by Gasteiger charge is 2.39. The van der Waals surface area contributed by atoms with Crippen molar-refractivity contribution in [3.05, 3.63) is 29.8 Å². The molecule has 2 unspecified atom stereocenters. The molecule has 2 aliphatic rings. The fourth-order valence-electron chi connectivity index (χ4n) is 4.24. The van der Waals surface area contributed by atoms with Crippen LogP contribution in [0, 0.1) is 0 Å². The molecule has 0 aliphatic carbocycles. The van der Waals surface area contributed by atoms with Crippen LogP contribution in [0.1, 0.15) is 25.3 Å². The van der Waals surface area contributed by atoms with Gasteiger partial charge in [0.15, 0.2) is 9.84 Å². The maximum atomic E-state index is 13.1. The van der Waals surface area contributed by atoms with E-state index in [1.165, 1.54) is 17.0 Å². The number of sulfone groups is 1. The van der Waals surface area contributed by atoms with E-state index >= 15 is 0 Å². The van der Waals surface area contributed by atoms with E-state index in [2.05, 4.69) is 4.90 Å². The first kappa shape index (κ1) is 24.4. The normalized spacial score (nSPS) is 22.6. The van der Waals surface area contributed by atoms with Gasteiger partial charge in [0, 0.05) is 25.9 Å². The number of carbonyl (C=O) groups is 2. The van der Waals surface area contributed by atoms with Crippen LogP contribution in [-0.2, 0) is 21.1 Å². The van der Waals surface area contributed by atoms with Crippen LogP contribution < -0.4 is 0 Å². The molecular formula is C20H30ClN3O5S. The molecule has 2 fully saturated rings. The highest BCUT2D eigenvalue weighted by Crippen LogP contribution is 2.22. The molecule has 2 amide bonds. The molecule has 2 aliphatic heterocycles. The monoisotopic (exact) mass is 459 g/mol. The smallest absolute Gasteiger partial charge is 0.407 e. The van der Waals surface area contributed by atoms with E-state index in [0.717, 1.165) is 37.8 Å². The predicted molar refractivity (Wildman–Crippen MR) is 116 cm³/mol. The minimum absolute atomic E-state index is 0. The Labute approximate surface area is 184 Å². The summed E-state index contributed by atoms with van der Waals surface area (Å²) in [5.74, 6) is -0.0572. The van der Waals surface area contributed by atoms with Crippen molar-refractivity contribution < 1.29 is 23.1 Å². The molecule has 10 heteroatoms. The number of rotatable bonds is 5. The van der Waals surface area contributed by atoms with E-state index in [-0.39, 0.29) is 41.7 Å². The summed E-state index contributed by atoms with van der Waals surface area (Å²) in [7, 11) is -3.27. The minimum atomic E-state index is -3.27. The Kier molecular flexibility index (Phi) is 8.13. The standard InChI is InChI=1S/C20H29N3O5S.ClH/c1-15-18(14-21-9-3-4-10-21)23(12-11-22(15)20(25)26)19(24)13-16-5-7-17(8-6-16)29(2,27)28;/h5-8,15,18H,3-4,9-14H2,1-2H3,(H,25,26);1H. The fraction of sp³-hybridized carbons (Fsp3) is 0.600. The zero-order chi connectivity index (χ0) is 21.2. The molecule has 1 aromatic carbocycles. The predicted octanol–water partition coefficient (Wildman–Crippen LogP) is 1.73. The summed E-state index contributed by atoms with van der Waals surface area (Å²) in [5, 5.41) is 9.50. The lowest BCUT2D eigenvalue weighted by Crippen LogP contribution is -2.64. The van der Waals surface area contributed by atoms with Gasteiger partial charge in [-0.1, -0.05) is 12.1 Å². The number of halogens is 1. The Bertz CT molecular complexity index is 856. The van der Waals surface area contributed by atoms with Crippen molar-refractivity contribution in [2.75, 3.05) is 39.0 Å². The SMILES string of the molecule is CC1C(CN2CCCC2)N(C(=O)Cc2ccc(S(C)(=O)=O)cc2)CCN1C(=O)O.Cl. The lowest BCUT2D eigenvalue weighted by Gasteiger charge is -2.46. The van der Waals surface area contributed by atoms with Crippen LogP contribution in [0.5, 0.6) is 0 Å². The lowest BCUT2D eigenvalue weighted by atomic mass is 10.0. The summed E-state index contributed by atoms with van der Waals surface area (Å²) in [5.41, 5.74) is 0.746. The van der Waals surface area contributed by atoms with E-state index in [4.69, 9.17) is 0 Å². The van der Waals surface area contributed by atoms with Gasteiger partial charge in [-0.15, -0.1) is 12.4 Å². The van der Waals surface area contributed by atoms with Crippen molar-refractivity contribution >= 4 is 34.2 Å². The molecule has 8 nitrogen and oxygen atoms in total. The second-order valence-corrected chi connectivity index (χ2v) is 9.99. The first-order valence-corrected chi connectivity index (χ1v) is 11.9. The van der Waals surface area contributed by atoms with Crippen LogP contribution in [0.15, 0.2) is 29.2 Å². The molecule has 2 saturated heterocycles. The number of benzene rings is 1. The first-order chi connectivity index (χ1) is 13.7. The van der Waals surface area contributed by atoms with Gasteiger partial charge in [0.25, 0.3) is 0 Å². The maximum absolute atomic E-state index is 13.1. The summed E-state index contributed by atoms with van der Waals surface area (Å²) in [6.45, 7) is 5.16. The van der Waals surface area contributed by atoms with Crippen LogP contribution in [0.4, 0.5) is 4.79 Å². The number of piperazine rings is 1. The molecule has 2 atom stereocenters. The topological polar surface area (TPSA) is 98.2 Å². The van der Waals surface area contributed by atoms with Gasteiger partial charge in [0.2, 0.25) is 5.91 Å². The van der Waals surface area contributed by atoms with Gasteiger partial charge >= 0.3 is 6.09 Å². The molecule has 0 spiro atoms. The average molecular weight is 460 g/mol. The second kappa shape index (κ2) is 9.98. The third-order valence-electron chi connectivity index (χ3n) is 5.95.